The topological polar surface area (TPSA) is 41.1 Å². The number of nitrogens with one attached hydrogen (secondary N) is 2. The van der Waals surface area contributed by atoms with Crippen molar-refractivity contribution in [3.63, 3.8) is 0 Å². The highest BCUT2D eigenvalue weighted by Crippen LogP contribution is 2.28. The number of rotatable bonds is 6. The molecule has 3 nitrogen and oxygen atoms in total. The smallest absolute Gasteiger partial charge is 0.220 e. The average molecular weight is 294 g/mol. The summed E-state index contributed by atoms with van der Waals surface area (Å²) in [5.41, 5.74) is 0. The molecule has 0 aromatic rings. The molecule has 122 valence electrons. The van der Waals surface area contributed by atoms with E-state index in [9.17, 15) is 4.79 Å². The molecule has 0 aromatic heterocycles. The summed E-state index contributed by atoms with van der Waals surface area (Å²) in [6.45, 7) is 6.70. The summed E-state index contributed by atoms with van der Waals surface area (Å²) in [5.74, 6) is 2.19. The van der Waals surface area contributed by atoms with E-state index >= 15 is 0 Å². The third-order valence-electron chi connectivity index (χ3n) is 5.65. The van der Waals surface area contributed by atoms with Gasteiger partial charge in [-0.05, 0) is 62.9 Å². The van der Waals surface area contributed by atoms with Crippen LogP contribution in [0.2, 0.25) is 0 Å². The molecule has 2 aliphatic rings. The third-order valence-corrected chi connectivity index (χ3v) is 5.65. The van der Waals surface area contributed by atoms with Crippen molar-refractivity contribution in [3.05, 3.63) is 0 Å². The van der Waals surface area contributed by atoms with Gasteiger partial charge in [0.15, 0.2) is 0 Å². The zero-order valence-electron chi connectivity index (χ0n) is 14.0. The van der Waals surface area contributed by atoms with Crippen LogP contribution in [0.15, 0.2) is 0 Å². The second-order valence-corrected chi connectivity index (χ2v) is 7.27. The van der Waals surface area contributed by atoms with Gasteiger partial charge in [0.05, 0.1) is 0 Å². The minimum atomic E-state index is 0.283. The summed E-state index contributed by atoms with van der Waals surface area (Å²) in [6.07, 6.45) is 11.0. The molecule has 2 N–H and O–H groups in total. The molecule has 1 saturated heterocycles. The molecule has 1 saturated carbocycles. The number of hydrogen-bond acceptors (Lipinski definition) is 2. The second kappa shape index (κ2) is 8.77. The van der Waals surface area contributed by atoms with Gasteiger partial charge in [-0.25, -0.2) is 0 Å². The molecule has 3 atom stereocenters. The number of carbonyl (C=O) groups excluding carboxylic acids is 1. The fourth-order valence-electron chi connectivity index (χ4n) is 4.18. The molecule has 2 rings (SSSR count). The van der Waals surface area contributed by atoms with E-state index in [-0.39, 0.29) is 5.91 Å². The van der Waals surface area contributed by atoms with Gasteiger partial charge in [0.1, 0.15) is 0 Å². The maximum absolute atomic E-state index is 12.4. The van der Waals surface area contributed by atoms with Crippen molar-refractivity contribution in [2.45, 2.75) is 77.7 Å². The maximum Gasteiger partial charge on any atom is 0.220 e. The van der Waals surface area contributed by atoms with Gasteiger partial charge in [0, 0.05) is 12.5 Å². The van der Waals surface area contributed by atoms with Gasteiger partial charge in [-0.15, -0.1) is 0 Å². The van der Waals surface area contributed by atoms with Crippen LogP contribution in [0, 0.1) is 17.8 Å². The predicted molar refractivity (Wildman–Crippen MR) is 88.2 cm³/mol. The molecule has 1 aliphatic heterocycles. The Hall–Kier alpha value is -0.570. The van der Waals surface area contributed by atoms with Crippen LogP contribution in [0.25, 0.3) is 0 Å². The van der Waals surface area contributed by atoms with Gasteiger partial charge in [-0.2, -0.15) is 0 Å². The second-order valence-electron chi connectivity index (χ2n) is 7.27. The van der Waals surface area contributed by atoms with Crippen molar-refractivity contribution in [3.8, 4) is 0 Å². The first-order valence-corrected chi connectivity index (χ1v) is 9.20. The Balaban J connectivity index is 1.75. The molecule has 0 bridgehead atoms. The first-order valence-electron chi connectivity index (χ1n) is 9.20. The van der Waals surface area contributed by atoms with Crippen LogP contribution in [-0.2, 0) is 4.79 Å². The maximum atomic E-state index is 12.4. The van der Waals surface area contributed by atoms with Gasteiger partial charge < -0.3 is 10.6 Å². The van der Waals surface area contributed by atoms with Crippen molar-refractivity contribution in [2.24, 2.45) is 17.8 Å². The monoisotopic (exact) mass is 294 g/mol. The van der Waals surface area contributed by atoms with Gasteiger partial charge >= 0.3 is 0 Å². The van der Waals surface area contributed by atoms with E-state index < -0.39 is 0 Å². The Labute approximate surface area is 130 Å². The molecule has 1 amide bonds. The van der Waals surface area contributed by atoms with Crippen LogP contribution >= 0.6 is 0 Å². The van der Waals surface area contributed by atoms with Crippen molar-refractivity contribution in [1.82, 2.24) is 10.6 Å². The zero-order chi connectivity index (χ0) is 15.1. The van der Waals surface area contributed by atoms with Crippen LogP contribution in [0.1, 0.15) is 71.6 Å². The average Bonchev–Trinajstić information content (AvgIpc) is 2.54. The summed E-state index contributed by atoms with van der Waals surface area (Å²) < 4.78 is 0. The van der Waals surface area contributed by atoms with E-state index in [2.05, 4.69) is 24.5 Å². The lowest BCUT2D eigenvalue weighted by Crippen LogP contribution is -2.42. The van der Waals surface area contributed by atoms with E-state index in [4.69, 9.17) is 0 Å². The van der Waals surface area contributed by atoms with Gasteiger partial charge in [-0.1, -0.05) is 33.1 Å². The highest BCUT2D eigenvalue weighted by molar-refractivity contribution is 5.76. The molecule has 3 unspecified atom stereocenters. The van der Waals surface area contributed by atoms with E-state index in [1.54, 1.807) is 0 Å². The fraction of sp³-hybridized carbons (Fsp3) is 0.944. The van der Waals surface area contributed by atoms with E-state index in [1.807, 2.05) is 0 Å². The normalized spacial score (nSPS) is 27.0. The predicted octanol–water partition coefficient (Wildman–Crippen LogP) is 3.49. The van der Waals surface area contributed by atoms with Crippen LogP contribution < -0.4 is 10.6 Å². The van der Waals surface area contributed by atoms with E-state index in [0.29, 0.717) is 24.3 Å². The molecule has 3 heteroatoms. The quantitative estimate of drug-likeness (QED) is 0.787. The van der Waals surface area contributed by atoms with Crippen molar-refractivity contribution in [2.75, 3.05) is 13.1 Å². The number of carbonyl (C=O) groups is 1. The summed E-state index contributed by atoms with van der Waals surface area (Å²) in [7, 11) is 0. The number of piperidine rings is 1. The van der Waals surface area contributed by atoms with Gasteiger partial charge in [0.25, 0.3) is 0 Å². The highest BCUT2D eigenvalue weighted by Gasteiger charge is 2.26. The molecule has 0 spiro atoms. The molecular weight excluding hydrogens is 260 g/mol. The summed E-state index contributed by atoms with van der Waals surface area (Å²) in [5, 5.41) is 6.81. The minimum Gasteiger partial charge on any atom is -0.353 e. The Morgan fingerprint density at radius 2 is 1.86 bits per heavy atom. The molecule has 1 heterocycles. The Bertz CT molecular complexity index is 306. The number of hydrogen-bond donors (Lipinski definition) is 2. The third kappa shape index (κ3) is 5.28. The zero-order valence-corrected chi connectivity index (χ0v) is 14.0. The highest BCUT2D eigenvalue weighted by atomic mass is 16.1. The van der Waals surface area contributed by atoms with Crippen molar-refractivity contribution < 1.29 is 4.79 Å². The standard InChI is InChI=1S/C18H34N2O/c1-3-17(15-8-5-4-6-9-15)20-18(21)12-14(2)16-10-7-11-19-13-16/h14-17,19H,3-13H2,1-2H3,(H,20,21). The molecule has 2 fully saturated rings. The Morgan fingerprint density at radius 1 is 1.14 bits per heavy atom. The number of amides is 1. The van der Waals surface area contributed by atoms with Crippen LogP contribution in [0.5, 0.6) is 0 Å². The summed E-state index contributed by atoms with van der Waals surface area (Å²) in [6, 6.07) is 0.412. The van der Waals surface area contributed by atoms with Crippen LogP contribution in [0.3, 0.4) is 0 Å². The molecule has 0 radical (unpaired) electrons. The first kappa shape index (κ1) is 16.8. The fourth-order valence-corrected chi connectivity index (χ4v) is 4.18. The van der Waals surface area contributed by atoms with Crippen molar-refractivity contribution in [1.29, 1.82) is 0 Å². The van der Waals surface area contributed by atoms with E-state index in [1.165, 1.54) is 44.9 Å². The molecular formula is C18H34N2O. The van der Waals surface area contributed by atoms with Gasteiger partial charge in [0.2, 0.25) is 5.91 Å². The Kier molecular flexibility index (Phi) is 7.01. The Morgan fingerprint density at radius 3 is 2.48 bits per heavy atom. The van der Waals surface area contributed by atoms with Crippen molar-refractivity contribution >= 4 is 5.91 Å². The van der Waals surface area contributed by atoms with E-state index in [0.717, 1.165) is 25.4 Å². The summed E-state index contributed by atoms with van der Waals surface area (Å²) >= 11 is 0. The van der Waals surface area contributed by atoms with Crippen LogP contribution in [-0.4, -0.2) is 25.0 Å². The van der Waals surface area contributed by atoms with Gasteiger partial charge in [-0.3, -0.25) is 4.79 Å². The first-order chi connectivity index (χ1) is 10.2. The summed E-state index contributed by atoms with van der Waals surface area (Å²) in [4.78, 5) is 12.4. The largest absolute Gasteiger partial charge is 0.353 e. The van der Waals surface area contributed by atoms with Crippen LogP contribution in [0.4, 0.5) is 0 Å². The lowest BCUT2D eigenvalue weighted by atomic mass is 9.82. The molecule has 0 aromatic carbocycles. The lowest BCUT2D eigenvalue weighted by Gasteiger charge is -2.32. The molecule has 21 heavy (non-hydrogen) atoms. The SMILES string of the molecule is CCC(NC(=O)CC(C)C1CCCNC1)C1CCCCC1. The minimum absolute atomic E-state index is 0.283. The molecule has 1 aliphatic carbocycles. The lowest BCUT2D eigenvalue weighted by molar-refractivity contribution is -0.123.